The molecule has 0 fully saturated rings. The van der Waals surface area contributed by atoms with Crippen molar-refractivity contribution in [3.63, 3.8) is 0 Å². The summed E-state index contributed by atoms with van der Waals surface area (Å²) < 4.78 is 18.4. The number of amides is 2. The Balaban J connectivity index is 1.87. The van der Waals surface area contributed by atoms with Crippen LogP contribution in [0, 0.1) is 5.82 Å². The summed E-state index contributed by atoms with van der Waals surface area (Å²) in [5, 5.41) is 2.83. The number of anilines is 2. The van der Waals surface area contributed by atoms with Crippen molar-refractivity contribution in [3.05, 3.63) is 83.6 Å². The van der Waals surface area contributed by atoms with Crippen LogP contribution in [0.4, 0.5) is 15.8 Å². The molecular weight excluding hydrogens is 397 g/mol. The topological polar surface area (TPSA) is 65.8 Å². The van der Waals surface area contributed by atoms with E-state index in [2.05, 4.69) is 5.32 Å². The van der Waals surface area contributed by atoms with E-state index >= 15 is 0 Å². The van der Waals surface area contributed by atoms with Gasteiger partial charge < -0.3 is 19.5 Å². The second kappa shape index (κ2) is 9.93. The van der Waals surface area contributed by atoms with Crippen molar-refractivity contribution >= 4 is 23.2 Å². The minimum atomic E-state index is -0.381. The average Bonchev–Trinajstić information content (AvgIpc) is 3.28. The van der Waals surface area contributed by atoms with Gasteiger partial charge in [0, 0.05) is 44.1 Å². The van der Waals surface area contributed by atoms with Gasteiger partial charge in [-0.2, -0.15) is 0 Å². The van der Waals surface area contributed by atoms with E-state index in [4.69, 9.17) is 4.42 Å². The fourth-order valence-corrected chi connectivity index (χ4v) is 3.33. The van der Waals surface area contributed by atoms with Crippen molar-refractivity contribution in [2.45, 2.75) is 19.9 Å². The lowest BCUT2D eigenvalue weighted by molar-refractivity contribution is 0.0743. The molecule has 0 aliphatic heterocycles. The van der Waals surface area contributed by atoms with Crippen LogP contribution >= 0.6 is 0 Å². The second-order valence-corrected chi connectivity index (χ2v) is 7.40. The van der Waals surface area contributed by atoms with Gasteiger partial charge in [0.05, 0.1) is 6.26 Å². The Hall–Kier alpha value is -3.61. The molecule has 31 heavy (non-hydrogen) atoms. The zero-order valence-electron chi connectivity index (χ0n) is 17.9. The highest BCUT2D eigenvalue weighted by atomic mass is 19.1. The number of carbonyl (C=O) groups excluding carboxylic acids is 2. The lowest BCUT2D eigenvalue weighted by atomic mass is 10.1. The van der Waals surface area contributed by atoms with Crippen LogP contribution < -0.4 is 10.2 Å². The number of halogens is 1. The minimum Gasteiger partial charge on any atom is -0.459 e. The van der Waals surface area contributed by atoms with Crippen molar-refractivity contribution in [3.8, 4) is 0 Å². The third-order valence-corrected chi connectivity index (χ3v) is 4.80. The molecule has 0 saturated carbocycles. The van der Waals surface area contributed by atoms with Gasteiger partial charge in [-0.25, -0.2) is 4.39 Å². The van der Waals surface area contributed by atoms with Crippen LogP contribution in [0.25, 0.3) is 0 Å². The van der Waals surface area contributed by atoms with Crippen LogP contribution in [0.15, 0.2) is 65.3 Å². The van der Waals surface area contributed by atoms with Gasteiger partial charge in [0.15, 0.2) is 5.76 Å². The Bertz CT molecular complexity index is 1030. The first-order chi connectivity index (χ1) is 14.9. The SMILES string of the molecule is CCCN(Cc1cc(NC(=O)c2ccco2)ccc1N(C)C)C(=O)c1ccc(F)cc1. The zero-order chi connectivity index (χ0) is 22.4. The molecule has 162 valence electrons. The standard InChI is InChI=1S/C24H26FN3O3/c1-4-13-28(24(30)17-7-9-19(25)10-8-17)16-18-15-20(11-12-21(18)27(2)3)26-23(29)22-6-5-14-31-22/h5-12,14-15H,4,13,16H2,1-3H3,(H,26,29). The van der Waals surface area contributed by atoms with Gasteiger partial charge in [-0.1, -0.05) is 6.92 Å². The van der Waals surface area contributed by atoms with E-state index in [0.29, 0.717) is 24.3 Å². The van der Waals surface area contributed by atoms with Crippen LogP contribution in [-0.4, -0.2) is 37.4 Å². The molecule has 0 atom stereocenters. The molecule has 1 heterocycles. The van der Waals surface area contributed by atoms with Gasteiger partial charge in [0.1, 0.15) is 5.82 Å². The van der Waals surface area contributed by atoms with Gasteiger partial charge in [-0.3, -0.25) is 9.59 Å². The molecule has 1 N–H and O–H groups in total. The normalized spacial score (nSPS) is 10.6. The van der Waals surface area contributed by atoms with Crippen molar-refractivity contribution in [1.29, 1.82) is 0 Å². The average molecular weight is 423 g/mol. The molecule has 7 heteroatoms. The summed E-state index contributed by atoms with van der Waals surface area (Å²) in [6, 6.07) is 14.4. The zero-order valence-corrected chi connectivity index (χ0v) is 17.9. The van der Waals surface area contributed by atoms with Gasteiger partial charge in [0.25, 0.3) is 11.8 Å². The Morgan fingerprint density at radius 2 is 1.81 bits per heavy atom. The Kier molecular flexibility index (Phi) is 7.07. The maximum Gasteiger partial charge on any atom is 0.291 e. The number of nitrogens with zero attached hydrogens (tertiary/aromatic N) is 2. The molecule has 0 spiro atoms. The maximum absolute atomic E-state index is 13.3. The third-order valence-electron chi connectivity index (χ3n) is 4.80. The summed E-state index contributed by atoms with van der Waals surface area (Å²) in [4.78, 5) is 29.1. The predicted molar refractivity (Wildman–Crippen MR) is 119 cm³/mol. The molecule has 0 radical (unpaired) electrons. The smallest absolute Gasteiger partial charge is 0.291 e. The van der Waals surface area contributed by atoms with Crippen molar-refractivity contribution in [2.24, 2.45) is 0 Å². The highest BCUT2D eigenvalue weighted by molar-refractivity contribution is 6.02. The summed E-state index contributed by atoms with van der Waals surface area (Å²) in [5.74, 6) is -0.677. The van der Waals surface area contributed by atoms with Crippen molar-refractivity contribution in [1.82, 2.24) is 4.90 Å². The van der Waals surface area contributed by atoms with Crippen LogP contribution in [-0.2, 0) is 6.54 Å². The van der Waals surface area contributed by atoms with E-state index in [9.17, 15) is 14.0 Å². The van der Waals surface area contributed by atoms with E-state index in [0.717, 1.165) is 17.7 Å². The Morgan fingerprint density at radius 1 is 1.06 bits per heavy atom. The fourth-order valence-electron chi connectivity index (χ4n) is 3.33. The molecular formula is C24H26FN3O3. The lowest BCUT2D eigenvalue weighted by Crippen LogP contribution is -2.32. The molecule has 1 aromatic heterocycles. The predicted octanol–water partition coefficient (Wildman–Crippen LogP) is 4.79. The van der Waals surface area contributed by atoms with Crippen molar-refractivity contribution < 1.29 is 18.4 Å². The van der Waals surface area contributed by atoms with E-state index in [1.165, 1.54) is 30.5 Å². The first-order valence-corrected chi connectivity index (χ1v) is 10.1. The number of nitrogens with one attached hydrogen (secondary N) is 1. The molecule has 6 nitrogen and oxygen atoms in total. The maximum atomic E-state index is 13.3. The van der Waals surface area contributed by atoms with Crippen molar-refractivity contribution in [2.75, 3.05) is 30.9 Å². The number of benzene rings is 2. The first kappa shape index (κ1) is 22.1. The minimum absolute atomic E-state index is 0.170. The third kappa shape index (κ3) is 5.51. The van der Waals surface area contributed by atoms with Gasteiger partial charge in [0.2, 0.25) is 0 Å². The molecule has 0 bridgehead atoms. The van der Waals surface area contributed by atoms with E-state index in [1.807, 2.05) is 44.1 Å². The molecule has 0 aliphatic carbocycles. The van der Waals surface area contributed by atoms with E-state index < -0.39 is 0 Å². The van der Waals surface area contributed by atoms with Crippen LogP contribution in [0.2, 0.25) is 0 Å². The van der Waals surface area contributed by atoms with Gasteiger partial charge in [-0.05, 0) is 66.6 Å². The van der Waals surface area contributed by atoms with E-state index in [1.54, 1.807) is 17.0 Å². The molecule has 0 saturated heterocycles. The van der Waals surface area contributed by atoms with Crippen LogP contribution in [0.5, 0.6) is 0 Å². The Morgan fingerprint density at radius 3 is 2.42 bits per heavy atom. The molecule has 2 aromatic carbocycles. The quantitative estimate of drug-likeness (QED) is 0.566. The number of furan rings is 1. The second-order valence-electron chi connectivity index (χ2n) is 7.40. The van der Waals surface area contributed by atoms with Crippen LogP contribution in [0.1, 0.15) is 39.8 Å². The van der Waals surface area contributed by atoms with Crippen LogP contribution in [0.3, 0.4) is 0 Å². The molecule has 0 unspecified atom stereocenters. The lowest BCUT2D eigenvalue weighted by Gasteiger charge is -2.26. The summed E-state index contributed by atoms with van der Waals surface area (Å²) in [6.45, 7) is 2.89. The molecule has 3 rings (SSSR count). The largest absolute Gasteiger partial charge is 0.459 e. The highest BCUT2D eigenvalue weighted by Crippen LogP contribution is 2.26. The van der Waals surface area contributed by atoms with Gasteiger partial charge in [-0.15, -0.1) is 0 Å². The highest BCUT2D eigenvalue weighted by Gasteiger charge is 2.19. The Labute approximate surface area is 181 Å². The number of hydrogen-bond acceptors (Lipinski definition) is 4. The molecule has 2 amide bonds. The summed E-state index contributed by atoms with van der Waals surface area (Å²) in [6.07, 6.45) is 2.22. The summed E-state index contributed by atoms with van der Waals surface area (Å²) in [7, 11) is 3.85. The number of rotatable bonds is 8. The number of hydrogen-bond donors (Lipinski definition) is 1. The monoisotopic (exact) mass is 423 g/mol. The molecule has 0 aliphatic rings. The van der Waals surface area contributed by atoms with Gasteiger partial charge >= 0.3 is 0 Å². The fraction of sp³-hybridized carbons (Fsp3) is 0.250. The van der Waals surface area contributed by atoms with E-state index in [-0.39, 0.29) is 23.4 Å². The molecule has 3 aromatic rings. The summed E-state index contributed by atoms with van der Waals surface area (Å²) >= 11 is 0. The first-order valence-electron chi connectivity index (χ1n) is 10.1. The number of carbonyl (C=O) groups is 2. The summed E-state index contributed by atoms with van der Waals surface area (Å²) in [5.41, 5.74) is 2.85.